The molecule has 0 aromatic heterocycles. The van der Waals surface area contributed by atoms with Crippen LogP contribution in [0.4, 0.5) is 0 Å². The van der Waals surface area contributed by atoms with Gasteiger partial charge in [-0.2, -0.15) is 0 Å². The normalized spacial score (nSPS) is 14.2. The minimum atomic E-state index is -0.805. The maximum atomic E-state index is 11.5. The zero-order valence-corrected chi connectivity index (χ0v) is 10.7. The maximum absolute atomic E-state index is 11.5. The summed E-state index contributed by atoms with van der Waals surface area (Å²) in [5.41, 5.74) is 0. The van der Waals surface area contributed by atoms with Gasteiger partial charge in [0.15, 0.2) is 0 Å². The Kier molecular flexibility index (Phi) is 6.86. The van der Waals surface area contributed by atoms with Crippen LogP contribution in [0.25, 0.3) is 0 Å². The van der Waals surface area contributed by atoms with Crippen LogP contribution in [0.2, 0.25) is 0 Å². The fraction of sp³-hybridized carbons (Fsp3) is 0.769. The zero-order chi connectivity index (χ0) is 12.7. The van der Waals surface area contributed by atoms with Gasteiger partial charge in [-0.15, -0.1) is 0 Å². The van der Waals surface area contributed by atoms with Gasteiger partial charge in [-0.3, -0.25) is 14.4 Å². The molecule has 0 aliphatic carbocycles. The van der Waals surface area contributed by atoms with Gasteiger partial charge >= 0.3 is 0 Å². The molecular weight excluding hydrogens is 204 g/mol. The summed E-state index contributed by atoms with van der Waals surface area (Å²) in [5, 5.41) is 0. The quantitative estimate of drug-likeness (QED) is 0.472. The van der Waals surface area contributed by atoms with Gasteiger partial charge in [-0.1, -0.05) is 40.5 Å². The molecule has 0 aromatic rings. The van der Waals surface area contributed by atoms with Crippen LogP contribution in [0.5, 0.6) is 0 Å². The first-order valence-corrected chi connectivity index (χ1v) is 6.02. The molecule has 16 heavy (non-hydrogen) atoms. The molecule has 0 rings (SSSR count). The number of Topliss-reactive ketones (excluding diaryl/α,β-unsaturated/α-hetero) is 3. The molecule has 0 heterocycles. The number of hydrogen-bond donors (Lipinski definition) is 0. The summed E-state index contributed by atoms with van der Waals surface area (Å²) in [6.07, 6.45) is 2.08. The van der Waals surface area contributed by atoms with E-state index >= 15 is 0 Å². The van der Waals surface area contributed by atoms with Gasteiger partial charge in [-0.05, 0) is 11.8 Å². The van der Waals surface area contributed by atoms with Crippen LogP contribution in [-0.2, 0) is 14.4 Å². The highest BCUT2D eigenvalue weighted by atomic mass is 16.2. The highest BCUT2D eigenvalue weighted by Gasteiger charge is 2.24. The van der Waals surface area contributed by atoms with Crippen molar-refractivity contribution in [3.05, 3.63) is 0 Å². The molecule has 0 saturated carbocycles. The third-order valence-electron chi connectivity index (χ3n) is 2.97. The summed E-state index contributed by atoms with van der Waals surface area (Å²) >= 11 is 0. The van der Waals surface area contributed by atoms with Gasteiger partial charge in [0, 0.05) is 12.8 Å². The van der Waals surface area contributed by atoms with Crippen molar-refractivity contribution in [1.29, 1.82) is 0 Å². The Hall–Kier alpha value is -0.990. The van der Waals surface area contributed by atoms with Crippen molar-refractivity contribution in [1.82, 2.24) is 0 Å². The molecule has 0 fully saturated rings. The Morgan fingerprint density at radius 2 is 1.12 bits per heavy atom. The molecule has 0 bridgehead atoms. The SMILES string of the molecule is CCC(C)CC(=O)C(=O)C(=O)CC(C)CC. The lowest BCUT2D eigenvalue weighted by molar-refractivity contribution is -0.144. The number of carbonyl (C=O) groups is 3. The van der Waals surface area contributed by atoms with Gasteiger partial charge in [0.1, 0.15) is 0 Å². The van der Waals surface area contributed by atoms with Gasteiger partial charge in [0.05, 0.1) is 0 Å². The zero-order valence-electron chi connectivity index (χ0n) is 10.7. The number of ketones is 3. The average molecular weight is 226 g/mol. The fourth-order valence-electron chi connectivity index (χ4n) is 1.26. The first-order chi connectivity index (χ1) is 7.42. The van der Waals surface area contributed by atoms with Crippen LogP contribution in [0.1, 0.15) is 53.4 Å². The fourth-order valence-corrected chi connectivity index (χ4v) is 1.26. The summed E-state index contributed by atoms with van der Waals surface area (Å²) in [4.78, 5) is 34.4. The van der Waals surface area contributed by atoms with E-state index in [2.05, 4.69) is 0 Å². The number of hydrogen-bond acceptors (Lipinski definition) is 3. The number of carbonyl (C=O) groups excluding carboxylic acids is 3. The monoisotopic (exact) mass is 226 g/mol. The predicted octanol–water partition coefficient (Wildman–Crippen LogP) is 2.57. The van der Waals surface area contributed by atoms with Crippen LogP contribution >= 0.6 is 0 Å². The lowest BCUT2D eigenvalue weighted by Gasteiger charge is -2.08. The van der Waals surface area contributed by atoms with Crippen LogP contribution in [0, 0.1) is 11.8 Å². The molecule has 92 valence electrons. The van der Waals surface area contributed by atoms with Gasteiger partial charge in [-0.25, -0.2) is 0 Å². The van der Waals surface area contributed by atoms with Crippen LogP contribution in [0.15, 0.2) is 0 Å². The molecular formula is C13H22O3. The molecule has 2 unspecified atom stereocenters. The van der Waals surface area contributed by atoms with E-state index in [1.165, 1.54) is 0 Å². The molecule has 2 atom stereocenters. The van der Waals surface area contributed by atoms with E-state index in [1.807, 2.05) is 27.7 Å². The van der Waals surface area contributed by atoms with Gasteiger partial charge < -0.3 is 0 Å². The Morgan fingerprint density at radius 3 is 1.38 bits per heavy atom. The van der Waals surface area contributed by atoms with Crippen molar-refractivity contribution in [2.75, 3.05) is 0 Å². The highest BCUT2D eigenvalue weighted by molar-refractivity contribution is 6.63. The van der Waals surface area contributed by atoms with Crippen LogP contribution in [-0.4, -0.2) is 17.3 Å². The van der Waals surface area contributed by atoms with E-state index in [-0.39, 0.29) is 24.7 Å². The van der Waals surface area contributed by atoms with Crippen molar-refractivity contribution < 1.29 is 14.4 Å². The molecule has 0 amide bonds. The van der Waals surface area contributed by atoms with Crippen molar-refractivity contribution in [2.24, 2.45) is 11.8 Å². The standard InChI is InChI=1S/C13H22O3/c1-5-9(3)7-11(14)13(16)12(15)8-10(4)6-2/h9-10H,5-8H2,1-4H3. The second-order valence-corrected chi connectivity index (χ2v) is 4.61. The van der Waals surface area contributed by atoms with Crippen LogP contribution < -0.4 is 0 Å². The number of rotatable bonds is 8. The molecule has 0 aromatic carbocycles. The molecule has 0 saturated heterocycles. The third kappa shape index (κ3) is 5.19. The predicted molar refractivity (Wildman–Crippen MR) is 63.2 cm³/mol. The molecule has 3 nitrogen and oxygen atoms in total. The second kappa shape index (κ2) is 7.31. The lowest BCUT2D eigenvalue weighted by atomic mass is 9.94. The van der Waals surface area contributed by atoms with Gasteiger partial charge in [0.25, 0.3) is 5.78 Å². The van der Waals surface area contributed by atoms with E-state index < -0.39 is 17.3 Å². The largest absolute Gasteiger partial charge is 0.290 e. The Morgan fingerprint density at radius 1 is 0.812 bits per heavy atom. The molecule has 0 radical (unpaired) electrons. The molecule has 0 N–H and O–H groups in total. The van der Waals surface area contributed by atoms with Crippen molar-refractivity contribution >= 4 is 17.3 Å². The lowest BCUT2D eigenvalue weighted by Crippen LogP contribution is -2.26. The van der Waals surface area contributed by atoms with E-state index in [9.17, 15) is 14.4 Å². The third-order valence-corrected chi connectivity index (χ3v) is 2.97. The summed E-state index contributed by atoms with van der Waals surface area (Å²) in [6, 6.07) is 0. The summed E-state index contributed by atoms with van der Waals surface area (Å²) in [7, 11) is 0. The molecule has 3 heteroatoms. The maximum Gasteiger partial charge on any atom is 0.264 e. The highest BCUT2D eigenvalue weighted by Crippen LogP contribution is 2.10. The van der Waals surface area contributed by atoms with Crippen molar-refractivity contribution in [3.63, 3.8) is 0 Å². The minimum Gasteiger partial charge on any atom is -0.290 e. The second-order valence-electron chi connectivity index (χ2n) is 4.61. The Labute approximate surface area is 97.6 Å². The van der Waals surface area contributed by atoms with Gasteiger partial charge in [0.2, 0.25) is 11.6 Å². The Balaban J connectivity index is 4.23. The van der Waals surface area contributed by atoms with Crippen molar-refractivity contribution in [3.8, 4) is 0 Å². The minimum absolute atomic E-state index is 0.174. The summed E-state index contributed by atoms with van der Waals surface area (Å²) < 4.78 is 0. The van der Waals surface area contributed by atoms with E-state index in [1.54, 1.807) is 0 Å². The first-order valence-electron chi connectivity index (χ1n) is 6.02. The van der Waals surface area contributed by atoms with E-state index in [0.717, 1.165) is 12.8 Å². The molecule has 0 aliphatic rings. The summed E-state index contributed by atoms with van der Waals surface area (Å²) in [5.74, 6) is -1.51. The average Bonchev–Trinajstić information content (AvgIpc) is 2.27. The molecule has 0 spiro atoms. The Bertz CT molecular complexity index is 242. The topological polar surface area (TPSA) is 51.2 Å². The van der Waals surface area contributed by atoms with Crippen LogP contribution in [0.3, 0.4) is 0 Å². The van der Waals surface area contributed by atoms with Crippen molar-refractivity contribution in [2.45, 2.75) is 53.4 Å². The summed E-state index contributed by atoms with van der Waals surface area (Å²) in [6.45, 7) is 7.74. The molecule has 0 aliphatic heterocycles. The van der Waals surface area contributed by atoms with E-state index in [4.69, 9.17) is 0 Å². The first kappa shape index (κ1) is 15.0. The van der Waals surface area contributed by atoms with E-state index in [0.29, 0.717) is 0 Å². The smallest absolute Gasteiger partial charge is 0.264 e.